The van der Waals surface area contributed by atoms with Crippen LogP contribution in [-0.4, -0.2) is 30.7 Å². The van der Waals surface area contributed by atoms with Gasteiger partial charge in [-0.3, -0.25) is 10.1 Å². The van der Waals surface area contributed by atoms with Gasteiger partial charge in [-0.2, -0.15) is 5.26 Å². The Morgan fingerprint density at radius 2 is 2.09 bits per heavy atom. The van der Waals surface area contributed by atoms with Crippen molar-refractivity contribution in [3.05, 3.63) is 33.9 Å². The van der Waals surface area contributed by atoms with Crippen molar-refractivity contribution >= 4 is 11.4 Å². The molecule has 1 atom stereocenters. The maximum Gasteiger partial charge on any atom is 0.292 e. The second kappa shape index (κ2) is 6.32. The summed E-state index contributed by atoms with van der Waals surface area (Å²) in [5, 5.41) is 20.2. The van der Waals surface area contributed by atoms with Crippen molar-refractivity contribution in [3.8, 4) is 6.07 Å². The van der Waals surface area contributed by atoms with Gasteiger partial charge in [0.25, 0.3) is 5.69 Å². The summed E-state index contributed by atoms with van der Waals surface area (Å²) in [6.07, 6.45) is 4.61. The van der Waals surface area contributed by atoms with Gasteiger partial charge in [0.1, 0.15) is 5.69 Å². The third-order valence-corrected chi connectivity index (χ3v) is 4.67. The summed E-state index contributed by atoms with van der Waals surface area (Å²) < 4.78 is 5.76. The van der Waals surface area contributed by atoms with E-state index in [0.29, 0.717) is 23.3 Å². The molecule has 6 heteroatoms. The summed E-state index contributed by atoms with van der Waals surface area (Å²) in [6, 6.07) is 6.62. The molecular formula is C16H19N3O3. The number of nitrogens with zero attached hydrogens (tertiary/aromatic N) is 3. The summed E-state index contributed by atoms with van der Waals surface area (Å²) >= 11 is 0. The molecule has 0 N–H and O–H groups in total. The molecule has 2 aliphatic rings. The molecule has 0 saturated carbocycles. The van der Waals surface area contributed by atoms with E-state index in [9.17, 15) is 10.1 Å². The highest BCUT2D eigenvalue weighted by Gasteiger charge is 2.31. The zero-order valence-corrected chi connectivity index (χ0v) is 12.4. The van der Waals surface area contributed by atoms with Crippen LogP contribution in [0.1, 0.15) is 31.2 Å². The maximum atomic E-state index is 11.2. The quantitative estimate of drug-likeness (QED) is 0.633. The van der Waals surface area contributed by atoms with Crippen molar-refractivity contribution in [2.45, 2.75) is 31.8 Å². The minimum atomic E-state index is -0.372. The van der Waals surface area contributed by atoms with Gasteiger partial charge in [0.2, 0.25) is 0 Å². The molecule has 1 aromatic rings. The van der Waals surface area contributed by atoms with E-state index in [1.54, 1.807) is 6.07 Å². The first-order chi connectivity index (χ1) is 10.7. The molecule has 0 amide bonds. The minimum Gasteiger partial charge on any atom is -0.378 e. The Morgan fingerprint density at radius 1 is 1.32 bits per heavy atom. The number of ether oxygens (including phenoxy) is 1. The van der Waals surface area contributed by atoms with Crippen LogP contribution in [0.3, 0.4) is 0 Å². The topological polar surface area (TPSA) is 79.4 Å². The third kappa shape index (κ3) is 2.90. The van der Waals surface area contributed by atoms with Gasteiger partial charge >= 0.3 is 0 Å². The van der Waals surface area contributed by atoms with Gasteiger partial charge in [0, 0.05) is 25.8 Å². The Bertz CT molecular complexity index is 597. The number of nitro benzene ring substituents is 1. The third-order valence-electron chi connectivity index (χ3n) is 4.67. The van der Waals surface area contributed by atoms with Crippen LogP contribution in [0, 0.1) is 27.4 Å². The summed E-state index contributed by atoms with van der Waals surface area (Å²) in [6.45, 7) is 2.42. The van der Waals surface area contributed by atoms with Crippen LogP contribution in [0.25, 0.3) is 0 Å². The van der Waals surface area contributed by atoms with E-state index in [4.69, 9.17) is 10.00 Å². The number of hydrogen-bond acceptors (Lipinski definition) is 5. The highest BCUT2D eigenvalue weighted by molar-refractivity contribution is 5.66. The molecule has 0 unspecified atom stereocenters. The monoisotopic (exact) mass is 301 g/mol. The van der Waals surface area contributed by atoms with Crippen molar-refractivity contribution in [3.63, 3.8) is 0 Å². The second-order valence-electron chi connectivity index (χ2n) is 5.95. The summed E-state index contributed by atoms with van der Waals surface area (Å²) in [5.74, 6) is 0.553. The fraction of sp³-hybridized carbons (Fsp3) is 0.562. The fourth-order valence-electron chi connectivity index (χ4n) is 3.49. The lowest BCUT2D eigenvalue weighted by Gasteiger charge is -2.35. The van der Waals surface area contributed by atoms with Crippen molar-refractivity contribution in [2.75, 3.05) is 24.6 Å². The average Bonchev–Trinajstić information content (AvgIpc) is 3.09. The van der Waals surface area contributed by atoms with Crippen molar-refractivity contribution in [1.82, 2.24) is 0 Å². The molecular weight excluding hydrogens is 282 g/mol. The zero-order valence-electron chi connectivity index (χ0n) is 12.4. The predicted molar refractivity (Wildman–Crippen MR) is 81.7 cm³/mol. The molecule has 0 radical (unpaired) electrons. The Labute approximate surface area is 129 Å². The number of piperidine rings is 1. The van der Waals surface area contributed by atoms with Gasteiger partial charge in [-0.25, -0.2) is 0 Å². The highest BCUT2D eigenvalue weighted by atomic mass is 16.6. The molecule has 2 saturated heterocycles. The van der Waals surface area contributed by atoms with Gasteiger partial charge in [0.05, 0.1) is 22.7 Å². The number of rotatable bonds is 3. The minimum absolute atomic E-state index is 0.0783. The average molecular weight is 301 g/mol. The van der Waals surface area contributed by atoms with E-state index in [1.807, 2.05) is 4.90 Å². The Morgan fingerprint density at radius 3 is 2.68 bits per heavy atom. The zero-order chi connectivity index (χ0) is 15.5. The number of hydrogen-bond donors (Lipinski definition) is 0. The van der Waals surface area contributed by atoms with Gasteiger partial charge in [0.15, 0.2) is 0 Å². The second-order valence-corrected chi connectivity index (χ2v) is 5.95. The number of anilines is 1. The molecule has 6 nitrogen and oxygen atoms in total. The van der Waals surface area contributed by atoms with Gasteiger partial charge in [-0.05, 0) is 43.7 Å². The first-order valence-corrected chi connectivity index (χ1v) is 7.74. The van der Waals surface area contributed by atoms with Crippen molar-refractivity contribution < 1.29 is 9.66 Å². The molecule has 1 aromatic carbocycles. The van der Waals surface area contributed by atoms with Crippen molar-refractivity contribution in [2.24, 2.45) is 5.92 Å². The molecule has 0 bridgehead atoms. The standard InChI is InChI=1S/C16H19N3O3/c17-11-12-3-4-14(19(20)21)15(10-12)18-7-5-13(6-8-18)16-2-1-9-22-16/h3-4,10,13,16H,1-2,5-9H2/t16-/m0/s1. The highest BCUT2D eigenvalue weighted by Crippen LogP contribution is 2.35. The summed E-state index contributed by atoms with van der Waals surface area (Å²) in [5.41, 5.74) is 1.10. The first-order valence-electron chi connectivity index (χ1n) is 7.74. The molecule has 22 heavy (non-hydrogen) atoms. The van der Waals surface area contributed by atoms with Gasteiger partial charge < -0.3 is 9.64 Å². The van der Waals surface area contributed by atoms with Crippen LogP contribution >= 0.6 is 0 Å². The maximum absolute atomic E-state index is 11.2. The van der Waals surface area contributed by atoms with Crippen molar-refractivity contribution in [1.29, 1.82) is 5.26 Å². The van der Waals surface area contributed by atoms with Gasteiger partial charge in [-0.1, -0.05) is 0 Å². The smallest absolute Gasteiger partial charge is 0.292 e. The number of nitriles is 1. The molecule has 0 aliphatic carbocycles. The van der Waals surface area contributed by atoms with E-state index < -0.39 is 0 Å². The lowest BCUT2D eigenvalue weighted by molar-refractivity contribution is -0.384. The SMILES string of the molecule is N#Cc1ccc([N+](=O)[O-])c(N2CCC([C@@H]3CCCO3)CC2)c1. The van der Waals surface area contributed by atoms with E-state index in [1.165, 1.54) is 12.1 Å². The largest absolute Gasteiger partial charge is 0.378 e. The molecule has 3 rings (SSSR count). The van der Waals surface area contributed by atoms with Crippen LogP contribution in [0.4, 0.5) is 11.4 Å². The normalized spacial score (nSPS) is 22.5. The van der Waals surface area contributed by atoms with Crippen LogP contribution in [0.2, 0.25) is 0 Å². The van der Waals surface area contributed by atoms with E-state index >= 15 is 0 Å². The molecule has 0 aromatic heterocycles. The van der Waals surface area contributed by atoms with E-state index in [0.717, 1.165) is 45.4 Å². The molecule has 2 aliphatic heterocycles. The van der Waals surface area contributed by atoms with Crippen LogP contribution < -0.4 is 4.90 Å². The number of benzene rings is 1. The molecule has 2 heterocycles. The van der Waals surface area contributed by atoms with Crippen LogP contribution in [0.5, 0.6) is 0 Å². The fourth-order valence-corrected chi connectivity index (χ4v) is 3.49. The van der Waals surface area contributed by atoms with E-state index in [-0.39, 0.29) is 10.6 Å². The van der Waals surface area contributed by atoms with E-state index in [2.05, 4.69) is 6.07 Å². The lowest BCUT2D eigenvalue weighted by Crippen LogP contribution is -2.38. The molecule has 0 spiro atoms. The lowest BCUT2D eigenvalue weighted by atomic mass is 9.89. The van der Waals surface area contributed by atoms with Gasteiger partial charge in [-0.15, -0.1) is 0 Å². The molecule has 116 valence electrons. The Hall–Kier alpha value is -2.13. The van der Waals surface area contributed by atoms with Crippen LogP contribution in [0.15, 0.2) is 18.2 Å². The Balaban J connectivity index is 1.75. The summed E-state index contributed by atoms with van der Waals surface area (Å²) in [7, 11) is 0. The molecule has 2 fully saturated rings. The van der Waals surface area contributed by atoms with Crippen LogP contribution in [-0.2, 0) is 4.74 Å². The summed E-state index contributed by atoms with van der Waals surface area (Å²) in [4.78, 5) is 12.9. The Kier molecular flexibility index (Phi) is 4.25. The number of nitro groups is 1. The predicted octanol–water partition coefficient (Wildman–Crippen LogP) is 2.86. The first kappa shape index (κ1) is 14.8.